The molecule has 2 aliphatic rings. The molecule has 16 heavy (non-hydrogen) atoms. The zero-order valence-corrected chi connectivity index (χ0v) is 9.25. The van der Waals surface area contributed by atoms with Crippen molar-refractivity contribution in [1.82, 2.24) is 10.6 Å². The molecule has 0 aromatic heterocycles. The lowest BCUT2D eigenvalue weighted by Crippen LogP contribution is -2.39. The molecule has 0 saturated heterocycles. The molecule has 3 rings (SSSR count). The van der Waals surface area contributed by atoms with Crippen LogP contribution >= 0.6 is 0 Å². The van der Waals surface area contributed by atoms with Gasteiger partial charge in [-0.1, -0.05) is 6.07 Å². The summed E-state index contributed by atoms with van der Waals surface area (Å²) in [5.74, 6) is 0.0828. The number of fused-ring (bicyclic) bond motifs is 1. The van der Waals surface area contributed by atoms with Gasteiger partial charge in [-0.15, -0.1) is 0 Å². The van der Waals surface area contributed by atoms with Gasteiger partial charge in [0.1, 0.15) is 0 Å². The predicted molar refractivity (Wildman–Crippen MR) is 62.1 cm³/mol. The summed E-state index contributed by atoms with van der Waals surface area (Å²) in [4.78, 5) is 11.9. The minimum atomic E-state index is 0.0828. The molecule has 1 aliphatic heterocycles. The molecule has 0 unspecified atom stereocenters. The first-order valence-electron chi connectivity index (χ1n) is 5.96. The number of nitrogens with one attached hydrogen (secondary N) is 2. The molecule has 1 amide bonds. The standard InChI is InChI=1S/C13H16N2O/c16-13(15-12-2-1-3-12)9-4-5-10-7-14-8-11(10)6-9/h4-6,12,14H,1-3,7-8H2,(H,15,16). The van der Waals surface area contributed by atoms with Gasteiger partial charge < -0.3 is 10.6 Å². The molecule has 1 aliphatic carbocycles. The fraction of sp³-hybridized carbons (Fsp3) is 0.462. The van der Waals surface area contributed by atoms with Crippen molar-refractivity contribution >= 4 is 5.91 Å². The molecule has 1 heterocycles. The number of hydrogen-bond acceptors (Lipinski definition) is 2. The predicted octanol–water partition coefficient (Wildman–Crippen LogP) is 1.57. The van der Waals surface area contributed by atoms with Gasteiger partial charge in [0.15, 0.2) is 0 Å². The van der Waals surface area contributed by atoms with Gasteiger partial charge in [-0.25, -0.2) is 0 Å². The Bertz CT molecular complexity index is 424. The number of carbonyl (C=O) groups is 1. The summed E-state index contributed by atoms with van der Waals surface area (Å²) in [6, 6.07) is 6.42. The number of amides is 1. The fourth-order valence-corrected chi connectivity index (χ4v) is 2.26. The Balaban J connectivity index is 1.75. The van der Waals surface area contributed by atoms with Gasteiger partial charge in [-0.05, 0) is 42.5 Å². The molecule has 0 bridgehead atoms. The Morgan fingerprint density at radius 1 is 1.25 bits per heavy atom. The first-order chi connectivity index (χ1) is 7.83. The van der Waals surface area contributed by atoms with E-state index in [4.69, 9.17) is 0 Å². The second-order valence-corrected chi connectivity index (χ2v) is 4.69. The van der Waals surface area contributed by atoms with Gasteiger partial charge in [0.2, 0.25) is 0 Å². The Morgan fingerprint density at radius 3 is 2.81 bits per heavy atom. The summed E-state index contributed by atoms with van der Waals surface area (Å²) in [6.45, 7) is 1.82. The van der Waals surface area contributed by atoms with Crippen LogP contribution in [0.3, 0.4) is 0 Å². The highest BCUT2D eigenvalue weighted by molar-refractivity contribution is 5.94. The van der Waals surface area contributed by atoms with Crippen molar-refractivity contribution in [2.75, 3.05) is 0 Å². The number of carbonyl (C=O) groups excluding carboxylic acids is 1. The van der Waals surface area contributed by atoms with E-state index in [1.54, 1.807) is 0 Å². The SMILES string of the molecule is O=C(NC1CCC1)c1ccc2c(c1)CNC2. The maximum Gasteiger partial charge on any atom is 0.251 e. The topological polar surface area (TPSA) is 41.1 Å². The van der Waals surface area contributed by atoms with Crippen LogP contribution in [0.4, 0.5) is 0 Å². The van der Waals surface area contributed by atoms with E-state index < -0.39 is 0 Å². The molecule has 3 nitrogen and oxygen atoms in total. The maximum atomic E-state index is 11.9. The average Bonchev–Trinajstić information content (AvgIpc) is 2.69. The minimum Gasteiger partial charge on any atom is -0.349 e. The van der Waals surface area contributed by atoms with E-state index >= 15 is 0 Å². The summed E-state index contributed by atoms with van der Waals surface area (Å²) in [5.41, 5.74) is 3.39. The van der Waals surface area contributed by atoms with E-state index in [2.05, 4.69) is 16.7 Å². The monoisotopic (exact) mass is 216 g/mol. The zero-order valence-electron chi connectivity index (χ0n) is 9.25. The smallest absolute Gasteiger partial charge is 0.251 e. The lowest BCUT2D eigenvalue weighted by atomic mass is 9.93. The molecule has 1 fully saturated rings. The van der Waals surface area contributed by atoms with Gasteiger partial charge in [-0.3, -0.25) is 4.79 Å². The van der Waals surface area contributed by atoms with Crippen LogP contribution in [0.5, 0.6) is 0 Å². The van der Waals surface area contributed by atoms with Crippen molar-refractivity contribution in [3.63, 3.8) is 0 Å². The Hall–Kier alpha value is -1.35. The van der Waals surface area contributed by atoms with E-state index in [1.165, 1.54) is 17.5 Å². The van der Waals surface area contributed by atoms with Crippen molar-refractivity contribution in [1.29, 1.82) is 0 Å². The number of benzene rings is 1. The molecule has 3 heteroatoms. The molecule has 0 atom stereocenters. The third-order valence-electron chi connectivity index (χ3n) is 3.54. The second-order valence-electron chi connectivity index (χ2n) is 4.69. The lowest BCUT2D eigenvalue weighted by Gasteiger charge is -2.26. The lowest BCUT2D eigenvalue weighted by molar-refractivity contribution is 0.0917. The Morgan fingerprint density at radius 2 is 2.06 bits per heavy atom. The molecular formula is C13H16N2O. The Labute approximate surface area is 95.2 Å². The van der Waals surface area contributed by atoms with Crippen molar-refractivity contribution in [2.45, 2.75) is 38.4 Å². The van der Waals surface area contributed by atoms with Gasteiger partial charge >= 0.3 is 0 Å². The van der Waals surface area contributed by atoms with Crippen LogP contribution < -0.4 is 10.6 Å². The van der Waals surface area contributed by atoms with Crippen LogP contribution in [0.15, 0.2) is 18.2 Å². The summed E-state index contributed by atoms with van der Waals surface area (Å²) in [5, 5.41) is 6.35. The molecule has 84 valence electrons. The minimum absolute atomic E-state index is 0.0828. The van der Waals surface area contributed by atoms with Crippen LogP contribution in [0.25, 0.3) is 0 Å². The quantitative estimate of drug-likeness (QED) is 0.788. The molecule has 0 radical (unpaired) electrons. The first-order valence-corrected chi connectivity index (χ1v) is 5.96. The van der Waals surface area contributed by atoms with Crippen molar-refractivity contribution in [3.8, 4) is 0 Å². The zero-order chi connectivity index (χ0) is 11.0. The molecule has 2 N–H and O–H groups in total. The molecule has 1 aromatic rings. The molecule has 1 saturated carbocycles. The third kappa shape index (κ3) is 1.71. The van der Waals surface area contributed by atoms with E-state index in [9.17, 15) is 4.79 Å². The third-order valence-corrected chi connectivity index (χ3v) is 3.54. The van der Waals surface area contributed by atoms with Crippen LogP contribution in [0, 0.1) is 0 Å². The van der Waals surface area contributed by atoms with Gasteiger partial charge in [0.05, 0.1) is 0 Å². The summed E-state index contributed by atoms with van der Waals surface area (Å²) < 4.78 is 0. The van der Waals surface area contributed by atoms with E-state index in [1.807, 2.05) is 12.1 Å². The van der Waals surface area contributed by atoms with Crippen LogP contribution in [0.2, 0.25) is 0 Å². The molecule has 1 aromatic carbocycles. The summed E-state index contributed by atoms with van der Waals surface area (Å²) in [6.07, 6.45) is 3.52. The number of rotatable bonds is 2. The van der Waals surface area contributed by atoms with Gasteiger partial charge in [0.25, 0.3) is 5.91 Å². The maximum absolute atomic E-state index is 11.9. The summed E-state index contributed by atoms with van der Waals surface area (Å²) >= 11 is 0. The van der Waals surface area contributed by atoms with Crippen molar-refractivity contribution in [3.05, 3.63) is 34.9 Å². The van der Waals surface area contributed by atoms with Crippen LogP contribution in [-0.4, -0.2) is 11.9 Å². The van der Waals surface area contributed by atoms with E-state index in [0.717, 1.165) is 31.5 Å². The number of hydrogen-bond donors (Lipinski definition) is 2. The molecule has 0 spiro atoms. The van der Waals surface area contributed by atoms with Crippen LogP contribution in [0.1, 0.15) is 40.7 Å². The van der Waals surface area contributed by atoms with Crippen molar-refractivity contribution in [2.24, 2.45) is 0 Å². The highest BCUT2D eigenvalue weighted by Gasteiger charge is 2.20. The van der Waals surface area contributed by atoms with Crippen molar-refractivity contribution < 1.29 is 4.79 Å². The summed E-state index contributed by atoms with van der Waals surface area (Å²) in [7, 11) is 0. The Kier molecular flexibility index (Phi) is 2.40. The van der Waals surface area contributed by atoms with Gasteiger partial charge in [-0.2, -0.15) is 0 Å². The fourth-order valence-electron chi connectivity index (χ4n) is 2.26. The highest BCUT2D eigenvalue weighted by Crippen LogP contribution is 2.20. The van der Waals surface area contributed by atoms with Crippen LogP contribution in [-0.2, 0) is 13.1 Å². The van der Waals surface area contributed by atoms with E-state index in [-0.39, 0.29) is 5.91 Å². The molecular weight excluding hydrogens is 200 g/mol. The first kappa shape index (κ1) is 9.85. The van der Waals surface area contributed by atoms with Gasteiger partial charge in [0, 0.05) is 24.7 Å². The average molecular weight is 216 g/mol. The van der Waals surface area contributed by atoms with E-state index in [0.29, 0.717) is 6.04 Å². The second kappa shape index (κ2) is 3.91. The highest BCUT2D eigenvalue weighted by atomic mass is 16.1. The normalized spacial score (nSPS) is 19.0. The largest absolute Gasteiger partial charge is 0.349 e.